The van der Waals surface area contributed by atoms with Crippen LogP contribution in [0.15, 0.2) is 24.3 Å². The van der Waals surface area contributed by atoms with Gasteiger partial charge < -0.3 is 0 Å². The summed E-state index contributed by atoms with van der Waals surface area (Å²) in [5.41, 5.74) is 4.95. The highest BCUT2D eigenvalue weighted by molar-refractivity contribution is 5.99. The van der Waals surface area contributed by atoms with Crippen LogP contribution in [0.2, 0.25) is 0 Å². The van der Waals surface area contributed by atoms with E-state index in [1.165, 1.54) is 0 Å². The highest BCUT2D eigenvalue weighted by Gasteiger charge is 2.15. The van der Waals surface area contributed by atoms with Crippen molar-refractivity contribution in [1.29, 1.82) is 0 Å². The van der Waals surface area contributed by atoms with Crippen molar-refractivity contribution in [2.24, 2.45) is 7.05 Å². The first-order valence-corrected chi connectivity index (χ1v) is 6.64. The number of nitrogens with zero attached hydrogens (tertiary/aromatic N) is 2. The Balaban J connectivity index is 2.28. The molecule has 3 nitrogen and oxygen atoms in total. The van der Waals surface area contributed by atoms with Crippen molar-refractivity contribution in [3.63, 3.8) is 0 Å². The fraction of sp³-hybridized carbons (Fsp3) is 0.375. The molecular formula is C16H20N2O. The molecule has 2 rings (SSSR count). The normalized spacial score (nSPS) is 10.7. The smallest absolute Gasteiger partial charge is 0.169 e. The van der Waals surface area contributed by atoms with Gasteiger partial charge in [0.05, 0.1) is 12.1 Å². The molecule has 0 saturated carbocycles. The van der Waals surface area contributed by atoms with Crippen LogP contribution in [0.25, 0.3) is 0 Å². The Morgan fingerprint density at radius 3 is 2.42 bits per heavy atom. The van der Waals surface area contributed by atoms with E-state index in [2.05, 4.69) is 12.0 Å². The lowest BCUT2D eigenvalue weighted by atomic mass is 9.96. The first-order valence-electron chi connectivity index (χ1n) is 6.64. The van der Waals surface area contributed by atoms with Gasteiger partial charge in [0.25, 0.3) is 0 Å². The zero-order chi connectivity index (χ0) is 14.0. The van der Waals surface area contributed by atoms with Gasteiger partial charge in [0, 0.05) is 18.3 Å². The van der Waals surface area contributed by atoms with E-state index < -0.39 is 0 Å². The Morgan fingerprint density at radius 1 is 1.26 bits per heavy atom. The highest BCUT2D eigenvalue weighted by Crippen LogP contribution is 2.16. The second-order valence-electron chi connectivity index (χ2n) is 4.97. The molecule has 0 spiro atoms. The Morgan fingerprint density at radius 2 is 1.89 bits per heavy atom. The summed E-state index contributed by atoms with van der Waals surface area (Å²) in [5, 5.41) is 4.39. The van der Waals surface area contributed by atoms with Crippen LogP contribution < -0.4 is 0 Å². The van der Waals surface area contributed by atoms with Crippen LogP contribution in [-0.2, 0) is 19.9 Å². The molecule has 0 aliphatic heterocycles. The molecular weight excluding hydrogens is 236 g/mol. The third-order valence-electron chi connectivity index (χ3n) is 3.49. The van der Waals surface area contributed by atoms with E-state index in [0.29, 0.717) is 6.42 Å². The van der Waals surface area contributed by atoms with Crippen LogP contribution in [0, 0.1) is 13.8 Å². The quantitative estimate of drug-likeness (QED) is 0.788. The first-order chi connectivity index (χ1) is 9.02. The van der Waals surface area contributed by atoms with Crippen LogP contribution in [0.4, 0.5) is 0 Å². The maximum Gasteiger partial charge on any atom is 0.169 e. The van der Waals surface area contributed by atoms with Crippen LogP contribution in [0.1, 0.15) is 39.8 Å². The summed E-state index contributed by atoms with van der Waals surface area (Å²) in [5.74, 6) is 0.168. The third kappa shape index (κ3) is 2.75. The number of Topliss-reactive ketones (excluding diaryl/α,β-unsaturated/α-hetero) is 1. The van der Waals surface area contributed by atoms with Gasteiger partial charge in [-0.25, -0.2) is 0 Å². The van der Waals surface area contributed by atoms with Gasteiger partial charge in [0.15, 0.2) is 5.78 Å². The molecule has 0 amide bonds. The maximum absolute atomic E-state index is 12.5. The standard InChI is InChI=1S/C16H20N2O/c1-5-13-9-14(18(4)17-13)10-15(19)16-11(2)7-6-8-12(16)3/h6-9H,5,10H2,1-4H3. The molecule has 0 bridgehead atoms. The summed E-state index contributed by atoms with van der Waals surface area (Å²) >= 11 is 0. The number of benzene rings is 1. The fourth-order valence-electron chi connectivity index (χ4n) is 2.42. The van der Waals surface area contributed by atoms with E-state index >= 15 is 0 Å². The van der Waals surface area contributed by atoms with E-state index in [9.17, 15) is 4.79 Å². The van der Waals surface area contributed by atoms with Gasteiger partial charge in [-0.15, -0.1) is 0 Å². The molecule has 0 unspecified atom stereocenters. The summed E-state index contributed by atoms with van der Waals surface area (Å²) in [6.07, 6.45) is 1.31. The van der Waals surface area contributed by atoms with Crippen LogP contribution in [0.5, 0.6) is 0 Å². The first kappa shape index (κ1) is 13.5. The van der Waals surface area contributed by atoms with Crippen molar-refractivity contribution in [3.8, 4) is 0 Å². The third-order valence-corrected chi connectivity index (χ3v) is 3.49. The molecule has 2 aromatic rings. The second kappa shape index (κ2) is 5.39. The Kier molecular flexibility index (Phi) is 3.84. The van der Waals surface area contributed by atoms with Crippen molar-refractivity contribution in [2.45, 2.75) is 33.6 Å². The van der Waals surface area contributed by atoms with Crippen molar-refractivity contribution >= 4 is 5.78 Å². The van der Waals surface area contributed by atoms with Gasteiger partial charge in [0.1, 0.15) is 0 Å². The molecule has 0 saturated heterocycles. The van der Waals surface area contributed by atoms with Crippen LogP contribution >= 0.6 is 0 Å². The van der Waals surface area contributed by atoms with Gasteiger partial charge >= 0.3 is 0 Å². The van der Waals surface area contributed by atoms with Crippen molar-refractivity contribution in [2.75, 3.05) is 0 Å². The minimum atomic E-state index is 0.168. The van der Waals surface area contributed by atoms with E-state index in [1.54, 1.807) is 0 Å². The molecule has 1 heterocycles. The average molecular weight is 256 g/mol. The molecule has 100 valence electrons. The number of carbonyl (C=O) groups is 1. The van der Waals surface area contributed by atoms with E-state index in [0.717, 1.165) is 34.5 Å². The summed E-state index contributed by atoms with van der Waals surface area (Å²) in [4.78, 5) is 12.5. The van der Waals surface area contributed by atoms with Gasteiger partial charge in [-0.2, -0.15) is 5.10 Å². The predicted octanol–water partition coefficient (Wildman–Crippen LogP) is 3.02. The fourth-order valence-corrected chi connectivity index (χ4v) is 2.42. The molecule has 0 atom stereocenters. The summed E-state index contributed by atoms with van der Waals surface area (Å²) in [7, 11) is 1.90. The van der Waals surface area contributed by atoms with E-state index in [-0.39, 0.29) is 5.78 Å². The largest absolute Gasteiger partial charge is 0.294 e. The summed E-state index contributed by atoms with van der Waals surface area (Å²) in [6, 6.07) is 7.98. The number of rotatable bonds is 4. The lowest BCUT2D eigenvalue weighted by Gasteiger charge is -2.08. The Hall–Kier alpha value is -1.90. The van der Waals surface area contributed by atoms with Crippen LogP contribution in [-0.4, -0.2) is 15.6 Å². The molecule has 0 radical (unpaired) electrons. The molecule has 0 N–H and O–H groups in total. The lowest BCUT2D eigenvalue weighted by molar-refractivity contribution is 0.0989. The Bertz CT molecular complexity index is 591. The molecule has 0 aliphatic rings. The molecule has 3 heteroatoms. The van der Waals surface area contributed by atoms with Gasteiger partial charge in [-0.3, -0.25) is 9.48 Å². The second-order valence-corrected chi connectivity index (χ2v) is 4.97. The number of aromatic nitrogens is 2. The van der Waals surface area contributed by atoms with Crippen molar-refractivity contribution in [1.82, 2.24) is 9.78 Å². The summed E-state index contributed by atoms with van der Waals surface area (Å²) in [6.45, 7) is 6.04. The molecule has 1 aromatic carbocycles. The zero-order valence-electron chi connectivity index (χ0n) is 12.0. The van der Waals surface area contributed by atoms with Gasteiger partial charge in [0.2, 0.25) is 0 Å². The monoisotopic (exact) mass is 256 g/mol. The number of carbonyl (C=O) groups excluding carboxylic acids is 1. The number of hydrogen-bond donors (Lipinski definition) is 0. The number of ketones is 1. The van der Waals surface area contributed by atoms with Crippen LogP contribution in [0.3, 0.4) is 0 Å². The predicted molar refractivity (Wildman–Crippen MR) is 76.5 cm³/mol. The number of aryl methyl sites for hydroxylation is 4. The van der Waals surface area contributed by atoms with Crippen molar-refractivity contribution < 1.29 is 4.79 Å². The molecule has 0 aliphatic carbocycles. The topological polar surface area (TPSA) is 34.9 Å². The Labute approximate surface area is 114 Å². The number of hydrogen-bond acceptors (Lipinski definition) is 2. The average Bonchev–Trinajstić information content (AvgIpc) is 2.70. The van der Waals surface area contributed by atoms with E-state index in [4.69, 9.17) is 0 Å². The maximum atomic E-state index is 12.5. The minimum absolute atomic E-state index is 0.168. The lowest BCUT2D eigenvalue weighted by Crippen LogP contribution is -2.10. The molecule has 0 fully saturated rings. The van der Waals surface area contributed by atoms with Gasteiger partial charge in [-0.1, -0.05) is 25.1 Å². The SMILES string of the molecule is CCc1cc(CC(=O)c2c(C)cccc2C)n(C)n1. The molecule has 19 heavy (non-hydrogen) atoms. The summed E-state index contributed by atoms with van der Waals surface area (Å²) < 4.78 is 1.81. The van der Waals surface area contributed by atoms with Crippen molar-refractivity contribution in [3.05, 3.63) is 52.3 Å². The highest BCUT2D eigenvalue weighted by atomic mass is 16.1. The minimum Gasteiger partial charge on any atom is -0.294 e. The molecule has 1 aromatic heterocycles. The van der Waals surface area contributed by atoms with E-state index in [1.807, 2.05) is 49.8 Å². The van der Waals surface area contributed by atoms with Gasteiger partial charge in [-0.05, 0) is 37.5 Å². The zero-order valence-corrected chi connectivity index (χ0v) is 12.0.